The number of carbonyl (C=O) groups excluding carboxylic acids is 1. The van der Waals surface area contributed by atoms with Crippen molar-refractivity contribution in [1.29, 1.82) is 0 Å². The number of aryl methyl sites for hydroxylation is 1. The smallest absolute Gasteiger partial charge is 0.405 e. The molecule has 0 heterocycles. The van der Waals surface area contributed by atoms with Crippen LogP contribution < -0.4 is 4.72 Å². The first kappa shape index (κ1) is 21.4. The van der Waals surface area contributed by atoms with E-state index in [0.717, 1.165) is 12.7 Å². The first-order valence-corrected chi connectivity index (χ1v) is 9.24. The SMILES string of the molecule is CCCC[C@@H](C(=O)OC)[C@H](NS(=O)(=O)c1ccc(C)cc1)C(F)(F)F. The van der Waals surface area contributed by atoms with Crippen LogP contribution in [-0.2, 0) is 19.6 Å². The Kier molecular flexibility index (Phi) is 7.43. The van der Waals surface area contributed by atoms with E-state index in [1.54, 1.807) is 18.6 Å². The summed E-state index contributed by atoms with van der Waals surface area (Å²) in [6.07, 6.45) is -4.18. The number of sulfonamides is 1. The van der Waals surface area contributed by atoms with Crippen LogP contribution in [0.3, 0.4) is 0 Å². The predicted octanol–water partition coefficient (Wildman–Crippen LogP) is 3.18. The number of carbonyl (C=O) groups is 1. The average Bonchev–Trinajstić information content (AvgIpc) is 2.53. The van der Waals surface area contributed by atoms with Gasteiger partial charge in [0.15, 0.2) is 0 Å². The van der Waals surface area contributed by atoms with Gasteiger partial charge in [-0.25, -0.2) is 8.42 Å². The number of methoxy groups -OCH3 is 1. The average molecular weight is 381 g/mol. The highest BCUT2D eigenvalue weighted by atomic mass is 32.2. The maximum Gasteiger partial charge on any atom is 0.405 e. The van der Waals surface area contributed by atoms with Gasteiger partial charge >= 0.3 is 12.1 Å². The fourth-order valence-electron chi connectivity index (χ4n) is 2.33. The molecule has 0 spiro atoms. The molecule has 0 aliphatic carbocycles. The van der Waals surface area contributed by atoms with Crippen molar-refractivity contribution in [3.63, 3.8) is 0 Å². The van der Waals surface area contributed by atoms with Crippen LogP contribution in [0, 0.1) is 12.8 Å². The number of alkyl halides is 3. The molecule has 25 heavy (non-hydrogen) atoms. The summed E-state index contributed by atoms with van der Waals surface area (Å²) < 4.78 is 71.1. The lowest BCUT2D eigenvalue weighted by Gasteiger charge is -2.28. The Morgan fingerprint density at radius 2 is 1.80 bits per heavy atom. The lowest BCUT2D eigenvalue weighted by atomic mass is 9.94. The first-order valence-electron chi connectivity index (χ1n) is 7.76. The van der Waals surface area contributed by atoms with Crippen molar-refractivity contribution < 1.29 is 31.1 Å². The minimum Gasteiger partial charge on any atom is -0.469 e. The fourth-order valence-corrected chi connectivity index (χ4v) is 3.59. The number of unbranched alkanes of at least 4 members (excludes halogenated alkanes) is 1. The van der Waals surface area contributed by atoms with E-state index >= 15 is 0 Å². The van der Waals surface area contributed by atoms with Crippen LogP contribution in [0.2, 0.25) is 0 Å². The van der Waals surface area contributed by atoms with Crippen molar-refractivity contribution in [2.24, 2.45) is 5.92 Å². The molecule has 1 aromatic carbocycles. The van der Waals surface area contributed by atoms with E-state index in [1.807, 2.05) is 0 Å². The van der Waals surface area contributed by atoms with Crippen LogP contribution in [0.25, 0.3) is 0 Å². The highest BCUT2D eigenvalue weighted by Crippen LogP contribution is 2.31. The Balaban J connectivity index is 3.21. The zero-order valence-electron chi connectivity index (χ0n) is 14.3. The van der Waals surface area contributed by atoms with Gasteiger partial charge in [0, 0.05) is 0 Å². The van der Waals surface area contributed by atoms with E-state index in [9.17, 15) is 26.4 Å². The van der Waals surface area contributed by atoms with Gasteiger partial charge in [0.1, 0.15) is 6.04 Å². The van der Waals surface area contributed by atoms with Crippen molar-refractivity contribution in [1.82, 2.24) is 4.72 Å². The molecule has 0 amide bonds. The normalized spacial score (nSPS) is 14.8. The Morgan fingerprint density at radius 3 is 2.24 bits per heavy atom. The topological polar surface area (TPSA) is 72.5 Å². The third-order valence-corrected chi connectivity index (χ3v) is 5.20. The summed E-state index contributed by atoms with van der Waals surface area (Å²) in [5.74, 6) is -2.74. The van der Waals surface area contributed by atoms with Crippen molar-refractivity contribution in [2.45, 2.75) is 50.2 Å². The summed E-state index contributed by atoms with van der Waals surface area (Å²) in [5, 5.41) is 0. The summed E-state index contributed by atoms with van der Waals surface area (Å²) in [6, 6.07) is 2.82. The van der Waals surface area contributed by atoms with Crippen LogP contribution in [-0.4, -0.2) is 33.7 Å². The highest BCUT2D eigenvalue weighted by Gasteiger charge is 2.49. The quantitative estimate of drug-likeness (QED) is 0.702. The summed E-state index contributed by atoms with van der Waals surface area (Å²) >= 11 is 0. The molecular formula is C16H22F3NO4S. The van der Waals surface area contributed by atoms with Crippen molar-refractivity contribution in [2.75, 3.05) is 7.11 Å². The molecular weight excluding hydrogens is 359 g/mol. The molecule has 0 bridgehead atoms. The monoisotopic (exact) mass is 381 g/mol. The van der Waals surface area contributed by atoms with Crippen LogP contribution in [0.1, 0.15) is 31.7 Å². The van der Waals surface area contributed by atoms with Gasteiger partial charge in [0.05, 0.1) is 17.9 Å². The van der Waals surface area contributed by atoms with Gasteiger partial charge in [0.2, 0.25) is 10.0 Å². The van der Waals surface area contributed by atoms with Crippen LogP contribution >= 0.6 is 0 Å². The molecule has 1 aromatic rings. The van der Waals surface area contributed by atoms with Crippen LogP contribution in [0.4, 0.5) is 13.2 Å². The van der Waals surface area contributed by atoms with Crippen molar-refractivity contribution in [3.8, 4) is 0 Å². The van der Waals surface area contributed by atoms with Gasteiger partial charge < -0.3 is 4.74 Å². The second-order valence-electron chi connectivity index (χ2n) is 5.73. The van der Waals surface area contributed by atoms with E-state index in [1.165, 1.54) is 24.3 Å². The first-order chi connectivity index (χ1) is 11.5. The number of esters is 1. The number of hydrogen-bond donors (Lipinski definition) is 1. The lowest BCUT2D eigenvalue weighted by Crippen LogP contribution is -2.52. The maximum absolute atomic E-state index is 13.5. The van der Waals surface area contributed by atoms with E-state index in [0.29, 0.717) is 12.8 Å². The van der Waals surface area contributed by atoms with E-state index < -0.39 is 34.1 Å². The molecule has 0 saturated heterocycles. The molecule has 5 nitrogen and oxygen atoms in total. The molecule has 0 aromatic heterocycles. The maximum atomic E-state index is 13.5. The second kappa shape index (κ2) is 8.66. The van der Waals surface area contributed by atoms with Crippen molar-refractivity contribution in [3.05, 3.63) is 29.8 Å². The third kappa shape index (κ3) is 6.00. The number of nitrogens with one attached hydrogen (secondary N) is 1. The molecule has 0 aliphatic rings. The highest BCUT2D eigenvalue weighted by molar-refractivity contribution is 7.89. The molecule has 0 fully saturated rings. The number of benzene rings is 1. The van der Waals surface area contributed by atoms with Gasteiger partial charge in [-0.05, 0) is 25.5 Å². The molecule has 0 unspecified atom stereocenters. The van der Waals surface area contributed by atoms with Crippen molar-refractivity contribution >= 4 is 16.0 Å². The minimum atomic E-state index is -4.94. The van der Waals surface area contributed by atoms with E-state index in [-0.39, 0.29) is 11.3 Å². The summed E-state index contributed by atoms with van der Waals surface area (Å²) in [4.78, 5) is 11.5. The predicted molar refractivity (Wildman–Crippen MR) is 86.4 cm³/mol. The van der Waals surface area contributed by atoms with Gasteiger partial charge in [-0.3, -0.25) is 4.79 Å². The summed E-state index contributed by atoms with van der Waals surface area (Å²) in [6.45, 7) is 3.48. The number of ether oxygens (including phenoxy) is 1. The number of hydrogen-bond acceptors (Lipinski definition) is 4. The second-order valence-corrected chi connectivity index (χ2v) is 7.44. The molecule has 0 radical (unpaired) electrons. The Labute approximate surface area is 145 Å². The van der Waals surface area contributed by atoms with Gasteiger partial charge in [-0.1, -0.05) is 37.5 Å². The molecule has 142 valence electrons. The van der Waals surface area contributed by atoms with Gasteiger partial charge in [0.25, 0.3) is 0 Å². The fraction of sp³-hybridized carbons (Fsp3) is 0.562. The van der Waals surface area contributed by atoms with E-state index in [4.69, 9.17) is 0 Å². The molecule has 1 rings (SSSR count). The molecule has 0 saturated carbocycles. The number of halogens is 3. The minimum absolute atomic E-state index is 0.135. The Morgan fingerprint density at radius 1 is 1.24 bits per heavy atom. The lowest BCUT2D eigenvalue weighted by molar-refractivity contribution is -0.178. The zero-order valence-corrected chi connectivity index (χ0v) is 15.1. The molecule has 9 heteroatoms. The molecule has 0 aliphatic heterocycles. The summed E-state index contributed by atoms with van der Waals surface area (Å²) in [5.41, 5.74) is 0.765. The zero-order chi connectivity index (χ0) is 19.3. The standard InChI is InChI=1S/C16H22F3NO4S/c1-4-5-6-13(15(21)24-3)14(16(17,18)19)20-25(22,23)12-9-7-11(2)8-10-12/h7-10,13-14,20H,4-6H2,1-3H3/t13-,14+/m1/s1. The van der Waals surface area contributed by atoms with Crippen LogP contribution in [0.5, 0.6) is 0 Å². The van der Waals surface area contributed by atoms with Gasteiger partial charge in [-0.2, -0.15) is 17.9 Å². The molecule has 1 N–H and O–H groups in total. The third-order valence-electron chi connectivity index (χ3n) is 3.74. The largest absolute Gasteiger partial charge is 0.469 e. The number of rotatable bonds is 8. The Hall–Kier alpha value is -1.61. The van der Waals surface area contributed by atoms with Gasteiger partial charge in [-0.15, -0.1) is 0 Å². The summed E-state index contributed by atoms with van der Waals surface area (Å²) in [7, 11) is -3.47. The van der Waals surface area contributed by atoms with E-state index in [2.05, 4.69) is 4.74 Å². The van der Waals surface area contributed by atoms with Crippen LogP contribution in [0.15, 0.2) is 29.2 Å². The Bertz CT molecular complexity index is 672. The molecule has 2 atom stereocenters.